The Bertz CT molecular complexity index is 678. The fourth-order valence-electron chi connectivity index (χ4n) is 1.75. The molecular weight excluding hydrogens is 368 g/mol. The molecule has 0 amide bonds. The first kappa shape index (κ1) is 19.1. The lowest BCUT2D eigenvalue weighted by Crippen LogP contribution is -2.01. The van der Waals surface area contributed by atoms with E-state index < -0.39 is 14.4 Å². The lowest BCUT2D eigenvalue weighted by atomic mass is 10.3. The summed E-state index contributed by atoms with van der Waals surface area (Å²) >= 11 is 5.60. The largest absolute Gasteiger partial charge is 0.419 e. The molecule has 0 bridgehead atoms. The molecule has 0 spiro atoms. The Morgan fingerprint density at radius 1 is 0.708 bits per heavy atom. The van der Waals surface area contributed by atoms with E-state index in [4.69, 9.17) is 34.4 Å². The minimum atomic E-state index is -3.20. The van der Waals surface area contributed by atoms with Crippen molar-refractivity contribution >= 4 is 26.2 Å². The molecule has 2 aromatic carbocycles. The first-order valence-electron chi connectivity index (χ1n) is 6.95. The van der Waals surface area contributed by atoms with E-state index in [0.717, 1.165) is 0 Å². The van der Waals surface area contributed by atoms with Crippen molar-refractivity contribution in [2.24, 2.45) is 4.52 Å². The average Bonchev–Trinajstić information content (AvgIpc) is 2.61. The Morgan fingerprint density at radius 2 is 1.08 bits per heavy atom. The fraction of sp³-hybridized carbons (Fsp3) is 0.200. The van der Waals surface area contributed by atoms with Crippen molar-refractivity contribution in [3.8, 4) is 11.5 Å². The van der Waals surface area contributed by atoms with E-state index in [1.807, 2.05) is 36.4 Å². The molecule has 0 saturated heterocycles. The maximum atomic E-state index is 5.89. The second-order valence-electron chi connectivity index (χ2n) is 4.38. The molecule has 2 aromatic rings. The Kier molecular flexibility index (Phi) is 6.99. The number of para-hydroxylation sites is 2. The quantitative estimate of drug-likeness (QED) is 0.577. The smallest absolute Gasteiger partial charge is 0.418 e. The van der Waals surface area contributed by atoms with Gasteiger partial charge in [-0.25, -0.2) is 0 Å². The lowest BCUT2D eigenvalue weighted by Gasteiger charge is -2.24. The van der Waals surface area contributed by atoms with Gasteiger partial charge in [0.1, 0.15) is 11.5 Å². The molecule has 0 radical (unpaired) electrons. The van der Waals surface area contributed by atoms with Gasteiger partial charge in [-0.05, 0) is 24.3 Å². The third-order valence-electron chi connectivity index (χ3n) is 2.84. The summed E-state index contributed by atoms with van der Waals surface area (Å²) < 4.78 is 32.1. The molecule has 0 unspecified atom stereocenters. The molecule has 0 heterocycles. The molecule has 0 aliphatic carbocycles. The van der Waals surface area contributed by atoms with E-state index in [2.05, 4.69) is 4.52 Å². The van der Waals surface area contributed by atoms with Crippen LogP contribution < -0.4 is 9.05 Å². The molecule has 6 nitrogen and oxygen atoms in total. The molecule has 9 heteroatoms. The summed E-state index contributed by atoms with van der Waals surface area (Å²) in [4.78, 5) is 0. The van der Waals surface area contributed by atoms with Crippen molar-refractivity contribution < 1.29 is 22.6 Å². The van der Waals surface area contributed by atoms with Crippen LogP contribution in [-0.4, -0.2) is 21.3 Å². The van der Waals surface area contributed by atoms with E-state index in [1.54, 1.807) is 24.3 Å². The minimum Gasteiger partial charge on any atom is -0.419 e. The molecule has 0 N–H and O–H groups in total. The third-order valence-corrected chi connectivity index (χ3v) is 7.96. The van der Waals surface area contributed by atoms with E-state index in [0.29, 0.717) is 11.5 Å². The number of hydrogen-bond donors (Lipinski definition) is 0. The van der Waals surface area contributed by atoms with E-state index in [-0.39, 0.29) is 0 Å². The lowest BCUT2D eigenvalue weighted by molar-refractivity contribution is 0.225. The van der Waals surface area contributed by atoms with Crippen LogP contribution in [-0.2, 0) is 25.4 Å². The van der Waals surface area contributed by atoms with E-state index in [9.17, 15) is 0 Å². The summed E-state index contributed by atoms with van der Waals surface area (Å²) in [6.45, 7) is -3.20. The molecular formula is C15H19NO5P2S. The van der Waals surface area contributed by atoms with Crippen molar-refractivity contribution in [2.45, 2.75) is 0 Å². The van der Waals surface area contributed by atoms with Gasteiger partial charge in [-0.2, -0.15) is 0 Å². The summed E-state index contributed by atoms with van der Waals surface area (Å²) in [5.41, 5.74) is 0. The number of nitrogens with zero attached hydrogens (tertiary/aromatic N) is 1. The van der Waals surface area contributed by atoms with Gasteiger partial charge in [-0.15, -0.1) is 4.52 Å². The SMILES string of the molecule is COP(=NP(=S)(Oc1ccccc1)Oc1ccccc1)(OC)OC. The van der Waals surface area contributed by atoms with Crippen LogP contribution in [0, 0.1) is 0 Å². The second kappa shape index (κ2) is 8.77. The maximum absolute atomic E-state index is 5.89. The molecule has 0 fully saturated rings. The topological polar surface area (TPSA) is 58.5 Å². The van der Waals surface area contributed by atoms with Gasteiger partial charge in [0.05, 0.1) is 0 Å². The minimum absolute atomic E-state index is 0.543. The first-order chi connectivity index (χ1) is 11.5. The van der Waals surface area contributed by atoms with Gasteiger partial charge in [0.2, 0.25) is 0 Å². The normalized spacial score (nSPS) is 11.8. The fourth-order valence-corrected chi connectivity index (χ4v) is 6.58. The van der Waals surface area contributed by atoms with Crippen LogP contribution in [0.3, 0.4) is 0 Å². The van der Waals surface area contributed by atoms with Crippen LogP contribution in [0.25, 0.3) is 0 Å². The Morgan fingerprint density at radius 3 is 1.42 bits per heavy atom. The van der Waals surface area contributed by atoms with Gasteiger partial charge in [0.15, 0.2) is 0 Å². The Labute approximate surface area is 147 Å². The van der Waals surface area contributed by atoms with Crippen LogP contribution in [0.1, 0.15) is 0 Å². The highest BCUT2D eigenvalue weighted by atomic mass is 32.5. The zero-order valence-electron chi connectivity index (χ0n) is 13.6. The average molecular weight is 387 g/mol. The molecule has 0 aliphatic heterocycles. The predicted octanol–water partition coefficient (Wildman–Crippen LogP) is 5.25. The van der Waals surface area contributed by atoms with Crippen molar-refractivity contribution in [2.75, 3.05) is 21.3 Å². The monoisotopic (exact) mass is 387 g/mol. The van der Waals surface area contributed by atoms with Crippen LogP contribution in [0.15, 0.2) is 65.2 Å². The van der Waals surface area contributed by atoms with Gasteiger partial charge in [0.25, 0.3) is 0 Å². The third kappa shape index (κ3) is 5.15. The van der Waals surface area contributed by atoms with Crippen molar-refractivity contribution in [1.29, 1.82) is 0 Å². The maximum Gasteiger partial charge on any atom is 0.418 e. The van der Waals surface area contributed by atoms with Gasteiger partial charge >= 0.3 is 14.4 Å². The summed E-state index contributed by atoms with van der Waals surface area (Å²) in [6.07, 6.45) is 0. The Balaban J connectivity index is 2.44. The predicted molar refractivity (Wildman–Crippen MR) is 98.8 cm³/mol. The van der Waals surface area contributed by atoms with Gasteiger partial charge in [-0.1, -0.05) is 36.4 Å². The summed E-state index contributed by atoms with van der Waals surface area (Å²) in [6, 6.07) is 18.2. The number of hydrogen-bond acceptors (Lipinski definition) is 6. The highest BCUT2D eigenvalue weighted by Gasteiger charge is 2.30. The van der Waals surface area contributed by atoms with Crippen LogP contribution in [0.5, 0.6) is 11.5 Å². The highest BCUT2D eigenvalue weighted by molar-refractivity contribution is 8.10. The zero-order valence-corrected chi connectivity index (χ0v) is 16.2. The molecule has 24 heavy (non-hydrogen) atoms. The van der Waals surface area contributed by atoms with Crippen molar-refractivity contribution in [1.82, 2.24) is 0 Å². The van der Waals surface area contributed by atoms with E-state index in [1.165, 1.54) is 21.3 Å². The molecule has 0 atom stereocenters. The van der Waals surface area contributed by atoms with Crippen LogP contribution in [0.4, 0.5) is 0 Å². The zero-order chi connectivity index (χ0) is 17.5. The van der Waals surface area contributed by atoms with Gasteiger partial charge in [-0.3, -0.25) is 0 Å². The molecule has 0 aliphatic rings. The van der Waals surface area contributed by atoms with Crippen LogP contribution >= 0.6 is 14.4 Å². The molecule has 0 aromatic heterocycles. The molecule has 130 valence electrons. The number of benzene rings is 2. The highest BCUT2D eigenvalue weighted by Crippen LogP contribution is 2.63. The summed E-state index contributed by atoms with van der Waals surface area (Å²) in [5.74, 6) is 1.09. The first-order valence-corrected chi connectivity index (χ1v) is 11.0. The second-order valence-corrected chi connectivity index (χ2v) is 9.82. The number of rotatable bonds is 8. The van der Waals surface area contributed by atoms with Crippen molar-refractivity contribution in [3.63, 3.8) is 0 Å². The van der Waals surface area contributed by atoms with Gasteiger partial charge < -0.3 is 22.6 Å². The molecule has 2 rings (SSSR count). The van der Waals surface area contributed by atoms with E-state index >= 15 is 0 Å². The summed E-state index contributed by atoms with van der Waals surface area (Å²) in [7, 11) is 1.30. The molecule has 0 saturated carbocycles. The van der Waals surface area contributed by atoms with Gasteiger partial charge in [0, 0.05) is 33.1 Å². The Hall–Kier alpha value is -1.20. The van der Waals surface area contributed by atoms with Crippen molar-refractivity contribution in [3.05, 3.63) is 60.7 Å². The van der Waals surface area contributed by atoms with Crippen LogP contribution in [0.2, 0.25) is 0 Å². The standard InChI is InChI=1S/C15H19NO5P2S/c1-17-22(18-2,19-3)16-23(24,20-14-10-6-4-7-11-14)21-15-12-8-5-9-13-15/h4-13H,1-3H3. The summed E-state index contributed by atoms with van der Waals surface area (Å²) in [5, 5.41) is 0.